The Labute approximate surface area is 60.9 Å². The zero-order valence-electron chi connectivity index (χ0n) is 6.41. The van der Waals surface area contributed by atoms with E-state index in [0.717, 1.165) is 0 Å². The highest BCUT2D eigenvalue weighted by Crippen LogP contribution is 2.16. The fraction of sp³-hybridized carbons (Fsp3) is 1.00. The monoisotopic (exact) mass is 146 g/mol. The van der Waals surface area contributed by atoms with Crippen LogP contribution >= 0.6 is 0 Å². The minimum atomic E-state index is -0.159. The largest absolute Gasteiger partial charge is 0.394 e. The minimum Gasteiger partial charge on any atom is -0.394 e. The van der Waals surface area contributed by atoms with Gasteiger partial charge in [0.15, 0.2) is 6.29 Å². The molecule has 0 amide bonds. The van der Waals surface area contributed by atoms with Crippen molar-refractivity contribution in [3.8, 4) is 0 Å². The molecule has 0 saturated carbocycles. The van der Waals surface area contributed by atoms with Crippen molar-refractivity contribution >= 4 is 0 Å². The van der Waals surface area contributed by atoms with Crippen LogP contribution in [0.4, 0.5) is 0 Å². The van der Waals surface area contributed by atoms with Crippen molar-refractivity contribution in [1.29, 1.82) is 0 Å². The fourth-order valence-corrected chi connectivity index (χ4v) is 1.04. The summed E-state index contributed by atoms with van der Waals surface area (Å²) in [5.74, 6) is 0.307. The summed E-state index contributed by atoms with van der Waals surface area (Å²) in [6.07, 6.45) is -0.197. The Bertz CT molecular complexity index is 105. The number of hydrogen-bond acceptors (Lipinski definition) is 3. The lowest BCUT2D eigenvalue weighted by molar-refractivity contribution is -0.231. The first-order valence-corrected chi connectivity index (χ1v) is 3.62. The second-order valence-electron chi connectivity index (χ2n) is 2.74. The molecule has 0 aromatic rings. The molecule has 3 nitrogen and oxygen atoms in total. The molecular weight excluding hydrogens is 132 g/mol. The van der Waals surface area contributed by atoms with Crippen molar-refractivity contribution in [3.05, 3.63) is 0 Å². The molecule has 10 heavy (non-hydrogen) atoms. The number of aliphatic hydroxyl groups is 1. The van der Waals surface area contributed by atoms with E-state index in [-0.39, 0.29) is 19.0 Å². The van der Waals surface area contributed by atoms with Crippen molar-refractivity contribution in [1.82, 2.24) is 0 Å². The number of rotatable bonds is 1. The van der Waals surface area contributed by atoms with Crippen molar-refractivity contribution in [3.63, 3.8) is 0 Å². The zero-order chi connectivity index (χ0) is 7.56. The highest BCUT2D eigenvalue weighted by molar-refractivity contribution is 4.68. The molecule has 0 aromatic carbocycles. The maximum atomic E-state index is 8.80. The Morgan fingerprint density at radius 3 is 2.70 bits per heavy atom. The molecule has 1 aliphatic rings. The van der Waals surface area contributed by atoms with Crippen LogP contribution in [0.1, 0.15) is 13.8 Å². The van der Waals surface area contributed by atoms with Crippen molar-refractivity contribution < 1.29 is 14.6 Å². The van der Waals surface area contributed by atoms with Gasteiger partial charge in [-0.3, -0.25) is 0 Å². The van der Waals surface area contributed by atoms with Crippen LogP contribution in [0.5, 0.6) is 0 Å². The third kappa shape index (κ3) is 1.68. The lowest BCUT2D eigenvalue weighted by Gasteiger charge is -2.31. The molecular formula is C7H14O3. The Hall–Kier alpha value is -0.120. The topological polar surface area (TPSA) is 38.7 Å². The molecule has 0 aromatic heterocycles. The van der Waals surface area contributed by atoms with Gasteiger partial charge in [0.05, 0.1) is 19.3 Å². The lowest BCUT2D eigenvalue weighted by Crippen LogP contribution is -2.39. The zero-order valence-corrected chi connectivity index (χ0v) is 6.41. The molecule has 1 fully saturated rings. The molecule has 3 heteroatoms. The summed E-state index contributed by atoms with van der Waals surface area (Å²) in [6.45, 7) is 4.63. The third-order valence-corrected chi connectivity index (χ3v) is 1.77. The quantitative estimate of drug-likeness (QED) is 0.581. The average Bonchev–Trinajstić information content (AvgIpc) is 1.94. The molecule has 0 radical (unpaired) electrons. The molecule has 1 aliphatic heterocycles. The highest BCUT2D eigenvalue weighted by Gasteiger charge is 2.25. The maximum absolute atomic E-state index is 8.80. The number of hydrogen-bond donors (Lipinski definition) is 1. The van der Waals surface area contributed by atoms with E-state index in [2.05, 4.69) is 0 Å². The molecule has 0 bridgehead atoms. The van der Waals surface area contributed by atoms with E-state index in [4.69, 9.17) is 14.6 Å². The van der Waals surface area contributed by atoms with Gasteiger partial charge in [0, 0.05) is 5.92 Å². The van der Waals surface area contributed by atoms with Gasteiger partial charge in [-0.1, -0.05) is 6.92 Å². The second kappa shape index (κ2) is 3.32. The Morgan fingerprint density at radius 1 is 1.50 bits per heavy atom. The maximum Gasteiger partial charge on any atom is 0.155 e. The number of aliphatic hydroxyl groups excluding tert-OH is 1. The summed E-state index contributed by atoms with van der Waals surface area (Å²) < 4.78 is 10.5. The molecule has 3 unspecified atom stereocenters. The van der Waals surface area contributed by atoms with Crippen LogP contribution in [0.15, 0.2) is 0 Å². The third-order valence-electron chi connectivity index (χ3n) is 1.77. The van der Waals surface area contributed by atoms with E-state index in [1.54, 1.807) is 0 Å². The standard InChI is InChI=1S/C7H14O3/c1-5-4-9-6(2)10-7(5)3-8/h5-8H,3-4H2,1-2H3. The lowest BCUT2D eigenvalue weighted by atomic mass is 10.1. The summed E-state index contributed by atoms with van der Waals surface area (Å²) in [5.41, 5.74) is 0. The van der Waals surface area contributed by atoms with Crippen LogP contribution in [-0.4, -0.2) is 30.7 Å². The molecule has 1 heterocycles. The van der Waals surface area contributed by atoms with Gasteiger partial charge >= 0.3 is 0 Å². The van der Waals surface area contributed by atoms with E-state index in [1.807, 2.05) is 13.8 Å². The van der Waals surface area contributed by atoms with Crippen LogP contribution in [-0.2, 0) is 9.47 Å². The van der Waals surface area contributed by atoms with Crippen LogP contribution < -0.4 is 0 Å². The molecule has 3 atom stereocenters. The van der Waals surface area contributed by atoms with E-state index >= 15 is 0 Å². The predicted octanol–water partition coefficient (Wildman–Crippen LogP) is 0.376. The van der Waals surface area contributed by atoms with E-state index in [0.29, 0.717) is 12.5 Å². The smallest absolute Gasteiger partial charge is 0.155 e. The molecule has 0 aliphatic carbocycles. The van der Waals surface area contributed by atoms with Crippen LogP contribution in [0.3, 0.4) is 0 Å². The summed E-state index contributed by atoms with van der Waals surface area (Å²) in [7, 11) is 0. The SMILES string of the molecule is CC1OCC(C)C(CO)O1. The van der Waals surface area contributed by atoms with Gasteiger partial charge in [0.1, 0.15) is 0 Å². The molecule has 60 valence electrons. The first-order valence-electron chi connectivity index (χ1n) is 3.62. The number of ether oxygens (including phenoxy) is 2. The van der Waals surface area contributed by atoms with Gasteiger partial charge in [-0.25, -0.2) is 0 Å². The Balaban J connectivity index is 2.38. The van der Waals surface area contributed by atoms with E-state index in [9.17, 15) is 0 Å². The van der Waals surface area contributed by atoms with Crippen molar-refractivity contribution in [2.45, 2.75) is 26.2 Å². The minimum absolute atomic E-state index is 0.0382. The summed E-state index contributed by atoms with van der Waals surface area (Å²) >= 11 is 0. The summed E-state index contributed by atoms with van der Waals surface area (Å²) in [4.78, 5) is 0. The van der Waals surface area contributed by atoms with Crippen molar-refractivity contribution in [2.24, 2.45) is 5.92 Å². The molecule has 1 N–H and O–H groups in total. The van der Waals surface area contributed by atoms with E-state index in [1.165, 1.54) is 0 Å². The summed E-state index contributed by atoms with van der Waals surface area (Å²) in [5, 5.41) is 8.80. The predicted molar refractivity (Wildman–Crippen MR) is 36.5 cm³/mol. The first kappa shape index (κ1) is 7.98. The normalized spacial score (nSPS) is 41.7. The average molecular weight is 146 g/mol. The van der Waals surface area contributed by atoms with Gasteiger partial charge in [0.2, 0.25) is 0 Å². The van der Waals surface area contributed by atoms with Gasteiger partial charge in [-0.05, 0) is 6.92 Å². The Kier molecular flexibility index (Phi) is 2.65. The second-order valence-corrected chi connectivity index (χ2v) is 2.74. The van der Waals surface area contributed by atoms with E-state index < -0.39 is 0 Å². The Morgan fingerprint density at radius 2 is 2.20 bits per heavy atom. The van der Waals surface area contributed by atoms with Crippen LogP contribution in [0, 0.1) is 5.92 Å². The molecule has 0 spiro atoms. The summed E-state index contributed by atoms with van der Waals surface area (Å²) in [6, 6.07) is 0. The molecule has 1 saturated heterocycles. The van der Waals surface area contributed by atoms with Gasteiger partial charge in [-0.2, -0.15) is 0 Å². The fourth-order valence-electron chi connectivity index (χ4n) is 1.04. The molecule has 1 rings (SSSR count). The van der Waals surface area contributed by atoms with Gasteiger partial charge < -0.3 is 14.6 Å². The van der Waals surface area contributed by atoms with Crippen LogP contribution in [0.2, 0.25) is 0 Å². The van der Waals surface area contributed by atoms with Gasteiger partial charge in [0.25, 0.3) is 0 Å². The van der Waals surface area contributed by atoms with Crippen LogP contribution in [0.25, 0.3) is 0 Å². The van der Waals surface area contributed by atoms with Crippen molar-refractivity contribution in [2.75, 3.05) is 13.2 Å². The van der Waals surface area contributed by atoms with Gasteiger partial charge in [-0.15, -0.1) is 0 Å². The highest BCUT2D eigenvalue weighted by atomic mass is 16.7. The first-order chi connectivity index (χ1) is 4.74.